The van der Waals surface area contributed by atoms with E-state index in [0.29, 0.717) is 19.7 Å². The van der Waals surface area contributed by atoms with E-state index in [2.05, 4.69) is 0 Å². The molecule has 7 nitrogen and oxygen atoms in total. The van der Waals surface area contributed by atoms with E-state index in [1.807, 2.05) is 0 Å². The first-order chi connectivity index (χ1) is 8.61. The summed E-state index contributed by atoms with van der Waals surface area (Å²) in [4.78, 5) is 24.5. The van der Waals surface area contributed by atoms with E-state index in [-0.39, 0.29) is 25.7 Å². The SMILES string of the molecule is CCN(C(=O)COCCN)C1COCC1C(=O)O. The van der Waals surface area contributed by atoms with Crippen LogP contribution in [0.5, 0.6) is 0 Å². The van der Waals surface area contributed by atoms with Crippen molar-refractivity contribution >= 4 is 11.9 Å². The number of hydrogen-bond acceptors (Lipinski definition) is 5. The van der Waals surface area contributed by atoms with Gasteiger partial charge < -0.3 is 25.2 Å². The monoisotopic (exact) mass is 260 g/mol. The third-order valence-electron chi connectivity index (χ3n) is 2.92. The van der Waals surface area contributed by atoms with Gasteiger partial charge in [-0.1, -0.05) is 0 Å². The molecule has 1 heterocycles. The molecule has 0 aliphatic carbocycles. The fourth-order valence-electron chi connectivity index (χ4n) is 2.01. The van der Waals surface area contributed by atoms with E-state index in [1.54, 1.807) is 6.92 Å². The Labute approximate surface area is 106 Å². The maximum Gasteiger partial charge on any atom is 0.311 e. The topological polar surface area (TPSA) is 102 Å². The predicted molar refractivity (Wildman–Crippen MR) is 63.0 cm³/mol. The van der Waals surface area contributed by atoms with Crippen LogP contribution in [0, 0.1) is 5.92 Å². The zero-order chi connectivity index (χ0) is 13.5. The van der Waals surface area contributed by atoms with Crippen molar-refractivity contribution in [2.75, 3.05) is 39.5 Å². The molecular formula is C11H20N2O5. The Balaban J connectivity index is 2.58. The lowest BCUT2D eigenvalue weighted by Crippen LogP contribution is -2.47. The molecule has 1 aliphatic heterocycles. The first-order valence-electron chi connectivity index (χ1n) is 5.99. The number of likely N-dealkylation sites (N-methyl/N-ethyl adjacent to an activating group) is 1. The number of carboxylic acid groups (broad SMARTS) is 1. The van der Waals surface area contributed by atoms with E-state index in [4.69, 9.17) is 20.3 Å². The van der Waals surface area contributed by atoms with E-state index >= 15 is 0 Å². The van der Waals surface area contributed by atoms with Crippen molar-refractivity contribution in [3.8, 4) is 0 Å². The van der Waals surface area contributed by atoms with Gasteiger partial charge in [0.05, 0.1) is 25.9 Å². The number of hydrogen-bond donors (Lipinski definition) is 2. The molecule has 1 rings (SSSR count). The number of carbonyl (C=O) groups is 2. The number of nitrogens with two attached hydrogens (primary N) is 1. The number of ether oxygens (including phenoxy) is 2. The third kappa shape index (κ3) is 3.66. The van der Waals surface area contributed by atoms with Gasteiger partial charge in [-0.25, -0.2) is 0 Å². The third-order valence-corrected chi connectivity index (χ3v) is 2.92. The fraction of sp³-hybridized carbons (Fsp3) is 0.818. The van der Waals surface area contributed by atoms with Crippen LogP contribution >= 0.6 is 0 Å². The molecule has 104 valence electrons. The molecule has 0 spiro atoms. The van der Waals surface area contributed by atoms with Gasteiger partial charge in [0.2, 0.25) is 5.91 Å². The van der Waals surface area contributed by atoms with Crippen LogP contribution in [-0.4, -0.2) is 67.4 Å². The maximum absolute atomic E-state index is 11.9. The highest BCUT2D eigenvalue weighted by atomic mass is 16.5. The minimum atomic E-state index is -0.938. The smallest absolute Gasteiger partial charge is 0.311 e. The first kappa shape index (κ1) is 14.9. The number of carboxylic acids is 1. The highest BCUT2D eigenvalue weighted by molar-refractivity contribution is 5.79. The molecule has 0 aromatic heterocycles. The van der Waals surface area contributed by atoms with Gasteiger partial charge in [0, 0.05) is 13.1 Å². The van der Waals surface area contributed by atoms with Gasteiger partial charge in [0.1, 0.15) is 12.5 Å². The number of aliphatic carboxylic acids is 1. The Bertz CT molecular complexity index is 297. The van der Waals surface area contributed by atoms with Crippen molar-refractivity contribution in [2.45, 2.75) is 13.0 Å². The molecule has 0 saturated carbocycles. The van der Waals surface area contributed by atoms with Crippen molar-refractivity contribution < 1.29 is 24.2 Å². The molecule has 0 radical (unpaired) electrons. The summed E-state index contributed by atoms with van der Waals surface area (Å²) in [6, 6.07) is -0.415. The summed E-state index contributed by atoms with van der Waals surface area (Å²) in [7, 11) is 0. The number of carbonyl (C=O) groups excluding carboxylic acids is 1. The molecule has 18 heavy (non-hydrogen) atoms. The average Bonchev–Trinajstić information content (AvgIpc) is 2.79. The fourth-order valence-corrected chi connectivity index (χ4v) is 2.01. The van der Waals surface area contributed by atoms with Crippen LogP contribution < -0.4 is 5.73 Å². The van der Waals surface area contributed by atoms with Crippen LogP contribution in [0.3, 0.4) is 0 Å². The Kier molecular flexibility index (Phi) is 6.03. The van der Waals surface area contributed by atoms with Crippen LogP contribution in [0.2, 0.25) is 0 Å². The van der Waals surface area contributed by atoms with Gasteiger partial charge in [0.15, 0.2) is 0 Å². The van der Waals surface area contributed by atoms with Gasteiger partial charge in [-0.2, -0.15) is 0 Å². The minimum Gasteiger partial charge on any atom is -0.481 e. The van der Waals surface area contributed by atoms with E-state index in [0.717, 1.165) is 0 Å². The molecule has 0 aromatic carbocycles. The van der Waals surface area contributed by atoms with Crippen LogP contribution in [0.1, 0.15) is 6.92 Å². The second kappa shape index (κ2) is 7.30. The Morgan fingerprint density at radius 2 is 2.22 bits per heavy atom. The summed E-state index contributed by atoms with van der Waals surface area (Å²) in [5.74, 6) is -1.83. The molecule has 7 heteroatoms. The average molecular weight is 260 g/mol. The van der Waals surface area contributed by atoms with E-state index < -0.39 is 17.9 Å². The van der Waals surface area contributed by atoms with Gasteiger partial charge in [-0.05, 0) is 6.92 Å². The standard InChI is InChI=1S/C11H20N2O5/c1-2-13(10(14)7-17-4-3-12)9-6-18-5-8(9)11(15)16/h8-9H,2-7,12H2,1H3,(H,15,16). The van der Waals surface area contributed by atoms with Crippen molar-refractivity contribution in [3.05, 3.63) is 0 Å². The summed E-state index contributed by atoms with van der Waals surface area (Å²) in [6.45, 7) is 3.23. The molecule has 3 N–H and O–H groups in total. The van der Waals surface area contributed by atoms with Crippen molar-refractivity contribution in [3.63, 3.8) is 0 Å². The highest BCUT2D eigenvalue weighted by Crippen LogP contribution is 2.20. The van der Waals surface area contributed by atoms with Gasteiger partial charge in [0.25, 0.3) is 0 Å². The Morgan fingerprint density at radius 1 is 1.50 bits per heavy atom. The second-order valence-electron chi connectivity index (χ2n) is 4.07. The molecule has 1 fully saturated rings. The summed E-state index contributed by atoms with van der Waals surface area (Å²) < 4.78 is 10.2. The zero-order valence-corrected chi connectivity index (χ0v) is 10.5. The van der Waals surface area contributed by atoms with Gasteiger partial charge >= 0.3 is 5.97 Å². The molecule has 2 atom stereocenters. The maximum atomic E-state index is 11.9. The van der Waals surface area contributed by atoms with Crippen LogP contribution in [0.15, 0.2) is 0 Å². The Hall–Kier alpha value is -1.18. The van der Waals surface area contributed by atoms with Crippen molar-refractivity contribution in [1.29, 1.82) is 0 Å². The molecule has 1 amide bonds. The quantitative estimate of drug-likeness (QED) is 0.564. The molecular weight excluding hydrogens is 240 g/mol. The minimum absolute atomic E-state index is 0.0755. The van der Waals surface area contributed by atoms with Crippen LogP contribution in [0.4, 0.5) is 0 Å². The molecule has 1 saturated heterocycles. The number of amides is 1. The second-order valence-corrected chi connectivity index (χ2v) is 4.07. The predicted octanol–water partition coefficient (Wildman–Crippen LogP) is -1.09. The van der Waals surface area contributed by atoms with Crippen LogP contribution in [-0.2, 0) is 19.1 Å². The highest BCUT2D eigenvalue weighted by Gasteiger charge is 2.39. The first-order valence-corrected chi connectivity index (χ1v) is 5.99. The lowest BCUT2D eigenvalue weighted by Gasteiger charge is -2.29. The lowest BCUT2D eigenvalue weighted by atomic mass is 10.0. The van der Waals surface area contributed by atoms with Crippen LogP contribution in [0.25, 0.3) is 0 Å². The molecule has 0 bridgehead atoms. The molecule has 1 aliphatic rings. The summed E-state index contributed by atoms with van der Waals surface area (Å²) in [5, 5.41) is 9.06. The normalized spacial score (nSPS) is 23.0. The number of rotatable bonds is 7. The molecule has 0 aromatic rings. The van der Waals surface area contributed by atoms with E-state index in [9.17, 15) is 9.59 Å². The molecule has 2 unspecified atom stereocenters. The Morgan fingerprint density at radius 3 is 2.78 bits per heavy atom. The number of nitrogens with zero attached hydrogens (tertiary/aromatic N) is 1. The summed E-state index contributed by atoms with van der Waals surface area (Å²) >= 11 is 0. The van der Waals surface area contributed by atoms with Gasteiger partial charge in [-0.3, -0.25) is 9.59 Å². The zero-order valence-electron chi connectivity index (χ0n) is 10.5. The summed E-state index contributed by atoms with van der Waals surface area (Å²) in [5.41, 5.74) is 5.26. The van der Waals surface area contributed by atoms with Crippen molar-refractivity contribution in [2.24, 2.45) is 11.7 Å². The van der Waals surface area contributed by atoms with Crippen molar-refractivity contribution in [1.82, 2.24) is 4.90 Å². The largest absolute Gasteiger partial charge is 0.481 e. The lowest BCUT2D eigenvalue weighted by molar-refractivity contribution is -0.146. The van der Waals surface area contributed by atoms with E-state index in [1.165, 1.54) is 4.90 Å². The van der Waals surface area contributed by atoms with Gasteiger partial charge in [-0.15, -0.1) is 0 Å². The summed E-state index contributed by atoms with van der Waals surface area (Å²) in [6.07, 6.45) is 0.